The number of amides is 1. The van der Waals surface area contributed by atoms with E-state index in [9.17, 15) is 13.6 Å². The van der Waals surface area contributed by atoms with Crippen molar-refractivity contribution >= 4 is 36.4 Å². The Hall–Kier alpha value is -1.83. The van der Waals surface area contributed by atoms with Crippen molar-refractivity contribution < 1.29 is 18.0 Å². The Bertz CT molecular complexity index is 771. The van der Waals surface area contributed by atoms with E-state index < -0.39 is 24.9 Å². The molecule has 1 aromatic carbocycles. The van der Waals surface area contributed by atoms with E-state index in [0.717, 1.165) is 12.1 Å². The molecule has 2 heterocycles. The maximum absolute atomic E-state index is 13.2. The second kappa shape index (κ2) is 9.39. The quantitative estimate of drug-likeness (QED) is 0.749. The van der Waals surface area contributed by atoms with Gasteiger partial charge in [0.15, 0.2) is 5.76 Å². The molecule has 0 radical (unpaired) electrons. The molecule has 1 unspecified atom stereocenters. The lowest BCUT2D eigenvalue weighted by molar-refractivity contribution is 0.0115. The molecule has 27 heavy (non-hydrogen) atoms. The lowest BCUT2D eigenvalue weighted by Crippen LogP contribution is -2.41. The molecule has 150 valence electrons. The number of nitrogens with one attached hydrogen (secondary N) is 1. The van der Waals surface area contributed by atoms with Crippen LogP contribution in [-0.4, -0.2) is 31.0 Å². The molecule has 1 atom stereocenters. The van der Waals surface area contributed by atoms with Gasteiger partial charge in [-0.25, -0.2) is 8.78 Å². The molecule has 3 N–H and O–H groups in total. The Balaban J connectivity index is 0.00000182. The zero-order chi connectivity index (χ0) is 18.0. The molecule has 9 heteroatoms. The topological polar surface area (TPSA) is 71.5 Å². The molecule has 5 nitrogen and oxygen atoms in total. The summed E-state index contributed by atoms with van der Waals surface area (Å²) in [5, 5.41) is 2.19. The second-order valence-electron chi connectivity index (χ2n) is 6.33. The number of benzene rings is 1. The van der Waals surface area contributed by atoms with Crippen molar-refractivity contribution in [2.24, 2.45) is 5.73 Å². The predicted octanol–water partition coefficient (Wildman–Crippen LogP) is 3.40. The summed E-state index contributed by atoms with van der Waals surface area (Å²) in [6.07, 6.45) is 2.33. The standard InChI is InChI=1S/C18H21F2N3O2.2ClH/c1-12-8-13-4-2-3-5-15(13)23(12)9-14-6-7-25-16(14)17(24)22-11-18(19,20)10-21;;/h2-7,12H,8-11,21H2,1H3,(H,22,24);2*1H. The fourth-order valence-corrected chi connectivity index (χ4v) is 3.08. The number of nitrogens with zero attached hydrogens (tertiary/aromatic N) is 1. The van der Waals surface area contributed by atoms with Crippen LogP contribution in [0.4, 0.5) is 14.5 Å². The largest absolute Gasteiger partial charge is 0.459 e. The summed E-state index contributed by atoms with van der Waals surface area (Å²) >= 11 is 0. The number of rotatable bonds is 6. The first kappa shape index (κ1) is 23.2. The molecule has 0 spiro atoms. The molecule has 0 bridgehead atoms. The minimum atomic E-state index is -3.13. The van der Waals surface area contributed by atoms with E-state index in [0.29, 0.717) is 12.1 Å². The van der Waals surface area contributed by atoms with Gasteiger partial charge in [0.1, 0.15) is 0 Å². The first-order chi connectivity index (χ1) is 11.9. The molecule has 1 aliphatic rings. The van der Waals surface area contributed by atoms with Gasteiger partial charge in [-0.1, -0.05) is 18.2 Å². The van der Waals surface area contributed by atoms with Crippen molar-refractivity contribution in [3.8, 4) is 0 Å². The van der Waals surface area contributed by atoms with Crippen molar-refractivity contribution in [3.05, 3.63) is 53.5 Å². The van der Waals surface area contributed by atoms with Gasteiger partial charge in [0, 0.05) is 23.8 Å². The van der Waals surface area contributed by atoms with Crippen LogP contribution in [0, 0.1) is 0 Å². The van der Waals surface area contributed by atoms with E-state index in [4.69, 9.17) is 10.2 Å². The van der Waals surface area contributed by atoms with Gasteiger partial charge in [0.2, 0.25) is 0 Å². The molecule has 0 aliphatic carbocycles. The third-order valence-electron chi connectivity index (χ3n) is 4.45. The zero-order valence-electron chi connectivity index (χ0n) is 14.8. The normalized spacial score (nSPS) is 15.6. The second-order valence-corrected chi connectivity index (χ2v) is 6.33. The molecule has 1 amide bonds. The highest BCUT2D eigenvalue weighted by molar-refractivity contribution is 5.93. The molecular formula is C18H23Cl2F2N3O2. The molecule has 0 saturated carbocycles. The van der Waals surface area contributed by atoms with Crippen LogP contribution < -0.4 is 16.0 Å². The van der Waals surface area contributed by atoms with Gasteiger partial charge >= 0.3 is 0 Å². The predicted molar refractivity (Wildman–Crippen MR) is 105 cm³/mol. The monoisotopic (exact) mass is 421 g/mol. The molecule has 1 aliphatic heterocycles. The van der Waals surface area contributed by atoms with Crippen LogP contribution in [-0.2, 0) is 13.0 Å². The number of halogens is 4. The Kier molecular flexibility index (Phi) is 8.07. The smallest absolute Gasteiger partial charge is 0.287 e. The Morgan fingerprint density at radius 3 is 2.74 bits per heavy atom. The number of nitrogens with two attached hydrogens (primary N) is 1. The van der Waals surface area contributed by atoms with Crippen molar-refractivity contribution in [2.45, 2.75) is 31.9 Å². The van der Waals surface area contributed by atoms with Crippen LogP contribution in [0.1, 0.15) is 28.6 Å². The third-order valence-corrected chi connectivity index (χ3v) is 4.45. The highest BCUT2D eigenvalue weighted by Crippen LogP contribution is 2.33. The van der Waals surface area contributed by atoms with Gasteiger partial charge in [-0.15, -0.1) is 24.8 Å². The van der Waals surface area contributed by atoms with E-state index in [1.807, 2.05) is 18.2 Å². The lowest BCUT2D eigenvalue weighted by atomic mass is 10.1. The van der Waals surface area contributed by atoms with Crippen LogP contribution in [0.2, 0.25) is 0 Å². The van der Waals surface area contributed by atoms with Crippen molar-refractivity contribution in [1.82, 2.24) is 5.32 Å². The SMILES string of the molecule is CC1Cc2ccccc2N1Cc1ccoc1C(=O)NCC(F)(F)CN.Cl.Cl. The number of carbonyl (C=O) groups is 1. The van der Waals surface area contributed by atoms with E-state index in [1.54, 1.807) is 6.07 Å². The van der Waals surface area contributed by atoms with E-state index >= 15 is 0 Å². The maximum Gasteiger partial charge on any atom is 0.287 e. The average molecular weight is 422 g/mol. The van der Waals surface area contributed by atoms with Crippen molar-refractivity contribution in [1.29, 1.82) is 0 Å². The van der Waals surface area contributed by atoms with E-state index in [2.05, 4.69) is 23.2 Å². The Labute approximate surface area is 169 Å². The van der Waals surface area contributed by atoms with Gasteiger partial charge < -0.3 is 20.4 Å². The number of alkyl halides is 2. The molecule has 0 saturated heterocycles. The minimum Gasteiger partial charge on any atom is -0.459 e. The van der Waals surface area contributed by atoms with Crippen LogP contribution >= 0.6 is 24.8 Å². The van der Waals surface area contributed by atoms with E-state index in [-0.39, 0.29) is 36.6 Å². The fourth-order valence-electron chi connectivity index (χ4n) is 3.08. The zero-order valence-corrected chi connectivity index (χ0v) is 16.4. The summed E-state index contributed by atoms with van der Waals surface area (Å²) < 4.78 is 31.7. The van der Waals surface area contributed by atoms with Crippen LogP contribution in [0.25, 0.3) is 0 Å². The fraction of sp³-hybridized carbons (Fsp3) is 0.389. The lowest BCUT2D eigenvalue weighted by Gasteiger charge is -2.24. The first-order valence-corrected chi connectivity index (χ1v) is 8.18. The van der Waals surface area contributed by atoms with Crippen LogP contribution in [0.5, 0.6) is 0 Å². The number of hydrogen-bond acceptors (Lipinski definition) is 4. The average Bonchev–Trinajstić information content (AvgIpc) is 3.18. The summed E-state index contributed by atoms with van der Waals surface area (Å²) in [5.41, 5.74) is 8.02. The molecule has 1 aromatic heterocycles. The Morgan fingerprint density at radius 2 is 2.04 bits per heavy atom. The summed E-state index contributed by atoms with van der Waals surface area (Å²) in [7, 11) is 0. The van der Waals surface area contributed by atoms with Crippen LogP contribution in [0.3, 0.4) is 0 Å². The molecule has 2 aromatic rings. The van der Waals surface area contributed by atoms with E-state index in [1.165, 1.54) is 11.8 Å². The highest BCUT2D eigenvalue weighted by atomic mass is 35.5. The van der Waals surface area contributed by atoms with Gasteiger partial charge in [0.05, 0.1) is 19.4 Å². The van der Waals surface area contributed by atoms with Gasteiger partial charge in [-0.3, -0.25) is 4.79 Å². The summed E-state index contributed by atoms with van der Waals surface area (Å²) in [6.45, 7) is 0.956. The molecular weight excluding hydrogens is 399 g/mol. The van der Waals surface area contributed by atoms with Gasteiger partial charge in [-0.2, -0.15) is 0 Å². The van der Waals surface area contributed by atoms with Gasteiger partial charge in [-0.05, 0) is 31.0 Å². The maximum atomic E-state index is 13.2. The first-order valence-electron chi connectivity index (χ1n) is 8.18. The van der Waals surface area contributed by atoms with Crippen molar-refractivity contribution in [3.63, 3.8) is 0 Å². The summed E-state index contributed by atoms with van der Waals surface area (Å²) in [5.74, 6) is -3.73. The molecule has 3 rings (SSSR count). The Morgan fingerprint density at radius 1 is 1.33 bits per heavy atom. The number of anilines is 1. The van der Waals surface area contributed by atoms with Gasteiger partial charge in [0.25, 0.3) is 11.8 Å². The third kappa shape index (κ3) is 5.12. The van der Waals surface area contributed by atoms with Crippen LogP contribution in [0.15, 0.2) is 41.0 Å². The molecule has 0 fully saturated rings. The number of para-hydroxylation sites is 1. The summed E-state index contributed by atoms with van der Waals surface area (Å²) in [4.78, 5) is 14.4. The number of hydrogen-bond donors (Lipinski definition) is 2. The number of fused-ring (bicyclic) bond motifs is 1. The minimum absolute atomic E-state index is 0. The number of carbonyl (C=O) groups excluding carboxylic acids is 1. The highest BCUT2D eigenvalue weighted by Gasteiger charge is 2.30. The number of furan rings is 1. The van der Waals surface area contributed by atoms with Crippen molar-refractivity contribution in [2.75, 3.05) is 18.0 Å². The summed E-state index contributed by atoms with van der Waals surface area (Å²) in [6, 6.07) is 10.1.